The number of carbonyl (C=O) groups excluding carboxylic acids is 2. The molecule has 1 saturated heterocycles. The molecule has 0 amide bonds. The van der Waals surface area contributed by atoms with E-state index in [1.165, 1.54) is 17.7 Å². The summed E-state index contributed by atoms with van der Waals surface area (Å²) < 4.78 is 0. The van der Waals surface area contributed by atoms with Crippen LogP contribution in [0.25, 0.3) is 23.1 Å². The lowest BCUT2D eigenvalue weighted by molar-refractivity contribution is -0.121. The Morgan fingerprint density at radius 1 is 0.875 bits per heavy atom. The maximum absolute atomic E-state index is 12.2. The van der Waals surface area contributed by atoms with E-state index in [1.54, 1.807) is 12.2 Å². The average molecular weight is 428 g/mol. The van der Waals surface area contributed by atoms with Crippen molar-refractivity contribution in [2.24, 2.45) is 0 Å². The van der Waals surface area contributed by atoms with Crippen LogP contribution in [0.4, 0.5) is 0 Å². The Bertz CT molecular complexity index is 1130. The molecule has 1 aromatic heterocycles. The van der Waals surface area contributed by atoms with Crippen molar-refractivity contribution in [3.05, 3.63) is 83.6 Å². The van der Waals surface area contributed by atoms with Gasteiger partial charge in [-0.05, 0) is 53.4 Å². The quantitative estimate of drug-likeness (QED) is 0.433. The first-order chi connectivity index (χ1) is 15.5. The fraction of sp³-hybridized carbons (Fsp3) is 0.259. The molecule has 5 nitrogen and oxygen atoms in total. The lowest BCUT2D eigenvalue weighted by Gasteiger charge is -2.32. The zero-order valence-corrected chi connectivity index (χ0v) is 18.5. The number of ketones is 2. The number of fused-ring (bicyclic) bond motifs is 1. The van der Waals surface area contributed by atoms with Crippen molar-refractivity contribution in [3.8, 4) is 0 Å². The van der Waals surface area contributed by atoms with Gasteiger partial charge < -0.3 is 9.88 Å². The number of hydrogen-bond donors (Lipinski definition) is 1. The Morgan fingerprint density at radius 2 is 1.53 bits per heavy atom. The highest BCUT2D eigenvalue weighted by Crippen LogP contribution is 2.15. The molecule has 0 radical (unpaired) electrons. The van der Waals surface area contributed by atoms with E-state index >= 15 is 0 Å². The van der Waals surface area contributed by atoms with Gasteiger partial charge >= 0.3 is 0 Å². The number of H-pyrrole nitrogens is 1. The Morgan fingerprint density at radius 3 is 2.25 bits per heavy atom. The van der Waals surface area contributed by atoms with Gasteiger partial charge in [0.25, 0.3) is 0 Å². The molecule has 0 saturated carbocycles. The van der Waals surface area contributed by atoms with Gasteiger partial charge in [-0.25, -0.2) is 0 Å². The number of rotatable bonds is 8. The summed E-state index contributed by atoms with van der Waals surface area (Å²) in [5.41, 5.74) is 4.18. The van der Waals surface area contributed by atoms with Gasteiger partial charge in [0.1, 0.15) is 0 Å². The Kier molecular flexibility index (Phi) is 7.10. The zero-order valence-electron chi connectivity index (χ0n) is 18.5. The van der Waals surface area contributed by atoms with E-state index in [1.807, 2.05) is 42.6 Å². The summed E-state index contributed by atoms with van der Waals surface area (Å²) in [5.74, 6) is -0.394. The van der Waals surface area contributed by atoms with Crippen molar-refractivity contribution in [1.29, 1.82) is 0 Å². The molecule has 3 aromatic rings. The molecule has 4 rings (SSSR count). The molecule has 32 heavy (non-hydrogen) atoms. The van der Waals surface area contributed by atoms with Crippen LogP contribution in [0.2, 0.25) is 0 Å². The van der Waals surface area contributed by atoms with Gasteiger partial charge in [0.2, 0.25) is 0 Å². The molecule has 0 atom stereocenters. The van der Waals surface area contributed by atoms with E-state index in [2.05, 4.69) is 34.0 Å². The summed E-state index contributed by atoms with van der Waals surface area (Å²) in [4.78, 5) is 32.3. The van der Waals surface area contributed by atoms with Crippen LogP contribution in [-0.4, -0.2) is 59.6 Å². The van der Waals surface area contributed by atoms with E-state index in [0.717, 1.165) is 54.8 Å². The topological polar surface area (TPSA) is 56.4 Å². The van der Waals surface area contributed by atoms with E-state index in [0.29, 0.717) is 0 Å². The van der Waals surface area contributed by atoms with Crippen LogP contribution in [0, 0.1) is 0 Å². The predicted octanol–water partition coefficient (Wildman–Crippen LogP) is 4.17. The van der Waals surface area contributed by atoms with Gasteiger partial charge in [0.05, 0.1) is 6.42 Å². The number of aromatic amines is 1. The summed E-state index contributed by atoms with van der Waals surface area (Å²) >= 11 is 0. The van der Waals surface area contributed by atoms with Gasteiger partial charge in [-0.15, -0.1) is 0 Å². The van der Waals surface area contributed by atoms with Crippen molar-refractivity contribution < 1.29 is 9.59 Å². The van der Waals surface area contributed by atoms with Crippen molar-refractivity contribution in [2.45, 2.75) is 13.0 Å². The Balaban J connectivity index is 1.25. The number of aromatic nitrogens is 1. The van der Waals surface area contributed by atoms with Gasteiger partial charge in [-0.2, -0.15) is 0 Å². The third-order valence-corrected chi connectivity index (χ3v) is 5.83. The van der Waals surface area contributed by atoms with Gasteiger partial charge in [0.15, 0.2) is 11.6 Å². The van der Waals surface area contributed by atoms with E-state index in [9.17, 15) is 9.59 Å². The number of allylic oxidation sites excluding steroid dienone is 2. The highest BCUT2D eigenvalue weighted by molar-refractivity contribution is 6.11. The van der Waals surface area contributed by atoms with Crippen LogP contribution in [0.15, 0.2) is 66.9 Å². The summed E-state index contributed by atoms with van der Waals surface area (Å²) in [6, 6.07) is 16.2. The minimum absolute atomic E-state index is 0.126. The summed E-state index contributed by atoms with van der Waals surface area (Å²) in [5, 5.41) is 1.13. The molecule has 1 aliphatic heterocycles. The summed E-state index contributed by atoms with van der Waals surface area (Å²) in [6.07, 6.45) is 8.25. The molecule has 164 valence electrons. The average Bonchev–Trinajstić information content (AvgIpc) is 3.27. The van der Waals surface area contributed by atoms with Crippen molar-refractivity contribution in [3.63, 3.8) is 0 Å². The number of benzene rings is 2. The normalized spacial score (nSPS) is 15.8. The smallest absolute Gasteiger partial charge is 0.163 e. The lowest BCUT2D eigenvalue weighted by Crippen LogP contribution is -2.43. The molecule has 0 spiro atoms. The van der Waals surface area contributed by atoms with E-state index in [4.69, 9.17) is 0 Å². The van der Waals surface area contributed by atoms with E-state index < -0.39 is 0 Å². The molecule has 2 heterocycles. The van der Waals surface area contributed by atoms with Crippen LogP contribution < -0.4 is 0 Å². The first kappa shape index (κ1) is 21.9. The van der Waals surface area contributed by atoms with Gasteiger partial charge in [-0.3, -0.25) is 14.5 Å². The third kappa shape index (κ3) is 6.13. The van der Waals surface area contributed by atoms with Crippen LogP contribution >= 0.6 is 0 Å². The standard InChI is InChI=1S/C27H29N3O2/c1-29-14-16-30(17-15-29)20-23-4-2-21(3-5-23)7-10-25(31)19-26(32)11-8-22-6-9-24-12-13-28-27(24)18-22/h2-13,18,28H,14-17,19-20H2,1H3/b10-7+,11-8+. The number of nitrogens with zero attached hydrogens (tertiary/aromatic N) is 2. The lowest BCUT2D eigenvalue weighted by atomic mass is 10.1. The zero-order chi connectivity index (χ0) is 22.3. The molecule has 5 heteroatoms. The first-order valence-electron chi connectivity index (χ1n) is 11.0. The molecular weight excluding hydrogens is 398 g/mol. The maximum atomic E-state index is 12.2. The van der Waals surface area contributed by atoms with Gasteiger partial charge in [-0.1, -0.05) is 48.6 Å². The van der Waals surface area contributed by atoms with Crippen LogP contribution in [0.1, 0.15) is 23.1 Å². The molecule has 1 aliphatic rings. The molecule has 2 aromatic carbocycles. The third-order valence-electron chi connectivity index (χ3n) is 5.83. The minimum Gasteiger partial charge on any atom is -0.361 e. The van der Waals surface area contributed by atoms with Crippen LogP contribution in [0.5, 0.6) is 0 Å². The number of likely N-dealkylation sites (N-methyl/N-ethyl adjacent to an activating group) is 1. The fourth-order valence-corrected chi connectivity index (χ4v) is 3.84. The molecule has 0 bridgehead atoms. The van der Waals surface area contributed by atoms with Crippen molar-refractivity contribution >= 4 is 34.6 Å². The number of piperazine rings is 1. The van der Waals surface area contributed by atoms with Crippen LogP contribution in [-0.2, 0) is 16.1 Å². The highest BCUT2D eigenvalue weighted by Gasteiger charge is 2.13. The van der Waals surface area contributed by atoms with Gasteiger partial charge in [0, 0.05) is 44.4 Å². The minimum atomic E-state index is -0.200. The number of hydrogen-bond acceptors (Lipinski definition) is 4. The largest absolute Gasteiger partial charge is 0.361 e. The molecule has 1 fully saturated rings. The molecular formula is C27H29N3O2. The summed E-state index contributed by atoms with van der Waals surface area (Å²) in [7, 11) is 2.16. The SMILES string of the molecule is CN1CCN(Cc2ccc(/C=C/C(=O)CC(=O)/C=C/c3ccc4cc[nH]c4c3)cc2)CC1. The second-order valence-corrected chi connectivity index (χ2v) is 8.42. The van der Waals surface area contributed by atoms with Crippen molar-refractivity contribution in [2.75, 3.05) is 33.2 Å². The molecule has 0 unspecified atom stereocenters. The van der Waals surface area contributed by atoms with Crippen LogP contribution in [0.3, 0.4) is 0 Å². The molecule has 0 aliphatic carbocycles. The first-order valence-corrected chi connectivity index (χ1v) is 11.0. The number of nitrogens with one attached hydrogen (secondary N) is 1. The molecule has 1 N–H and O–H groups in total. The highest BCUT2D eigenvalue weighted by atomic mass is 16.1. The summed E-state index contributed by atoms with van der Waals surface area (Å²) in [6.45, 7) is 5.36. The van der Waals surface area contributed by atoms with E-state index in [-0.39, 0.29) is 18.0 Å². The number of carbonyl (C=O) groups is 2. The maximum Gasteiger partial charge on any atom is 0.163 e. The second-order valence-electron chi connectivity index (χ2n) is 8.42. The second kappa shape index (κ2) is 10.4. The predicted molar refractivity (Wildman–Crippen MR) is 130 cm³/mol. The van der Waals surface area contributed by atoms with Crippen molar-refractivity contribution in [1.82, 2.24) is 14.8 Å². The Hall–Kier alpha value is -3.28. The monoisotopic (exact) mass is 427 g/mol. The Labute approximate surface area is 189 Å². The fourth-order valence-electron chi connectivity index (χ4n) is 3.84.